The lowest BCUT2D eigenvalue weighted by molar-refractivity contribution is 0.248. The van der Waals surface area contributed by atoms with Gasteiger partial charge in [0.2, 0.25) is 0 Å². The molecule has 0 aliphatic heterocycles. The van der Waals surface area contributed by atoms with Crippen LogP contribution in [-0.2, 0) is 6.42 Å². The van der Waals surface area contributed by atoms with Crippen molar-refractivity contribution in [3.05, 3.63) is 23.9 Å². The van der Waals surface area contributed by atoms with E-state index in [2.05, 4.69) is 50.1 Å². The van der Waals surface area contributed by atoms with Crippen molar-refractivity contribution in [2.24, 2.45) is 11.3 Å². The SMILES string of the molecule is CNc1cc(CC(C)(C)C(C)C)ccn1. The number of nitrogens with zero attached hydrogens (tertiary/aromatic N) is 1. The minimum Gasteiger partial charge on any atom is -0.373 e. The van der Waals surface area contributed by atoms with Gasteiger partial charge in [0.05, 0.1) is 0 Å². The summed E-state index contributed by atoms with van der Waals surface area (Å²) in [5.41, 5.74) is 1.69. The summed E-state index contributed by atoms with van der Waals surface area (Å²) in [6.07, 6.45) is 2.97. The monoisotopic (exact) mass is 206 g/mol. The lowest BCUT2D eigenvalue weighted by Gasteiger charge is -2.29. The Hall–Kier alpha value is -1.05. The lowest BCUT2D eigenvalue weighted by Crippen LogP contribution is -2.22. The number of hydrogen-bond donors (Lipinski definition) is 1. The molecule has 0 atom stereocenters. The van der Waals surface area contributed by atoms with Crippen LogP contribution in [0.5, 0.6) is 0 Å². The Morgan fingerprint density at radius 3 is 2.60 bits per heavy atom. The molecule has 0 saturated heterocycles. The van der Waals surface area contributed by atoms with Crippen molar-refractivity contribution in [2.75, 3.05) is 12.4 Å². The maximum Gasteiger partial charge on any atom is 0.125 e. The van der Waals surface area contributed by atoms with E-state index in [0.29, 0.717) is 11.3 Å². The van der Waals surface area contributed by atoms with E-state index in [1.807, 2.05) is 13.2 Å². The van der Waals surface area contributed by atoms with Gasteiger partial charge < -0.3 is 5.32 Å². The third-order valence-corrected chi connectivity index (χ3v) is 3.30. The summed E-state index contributed by atoms with van der Waals surface area (Å²) in [5.74, 6) is 1.63. The third-order valence-electron chi connectivity index (χ3n) is 3.30. The smallest absolute Gasteiger partial charge is 0.125 e. The minimum atomic E-state index is 0.340. The van der Waals surface area contributed by atoms with Crippen LogP contribution in [0.2, 0.25) is 0 Å². The van der Waals surface area contributed by atoms with Crippen molar-refractivity contribution in [2.45, 2.75) is 34.1 Å². The van der Waals surface area contributed by atoms with E-state index in [4.69, 9.17) is 0 Å². The predicted molar refractivity (Wildman–Crippen MR) is 66.1 cm³/mol. The van der Waals surface area contributed by atoms with Gasteiger partial charge in [-0.2, -0.15) is 0 Å². The van der Waals surface area contributed by atoms with Crippen LogP contribution in [0.25, 0.3) is 0 Å². The molecule has 0 saturated carbocycles. The molecule has 1 heterocycles. The normalized spacial score (nSPS) is 11.9. The van der Waals surface area contributed by atoms with Crippen molar-refractivity contribution >= 4 is 5.82 Å². The summed E-state index contributed by atoms with van der Waals surface area (Å²) in [5, 5.41) is 3.07. The Labute approximate surface area is 93.1 Å². The number of hydrogen-bond acceptors (Lipinski definition) is 2. The molecule has 0 spiro atoms. The molecule has 2 heteroatoms. The van der Waals surface area contributed by atoms with Gasteiger partial charge in [0.1, 0.15) is 5.82 Å². The second-order valence-corrected chi connectivity index (χ2v) is 5.12. The molecule has 1 aromatic rings. The predicted octanol–water partition coefficient (Wildman–Crippen LogP) is 3.35. The second kappa shape index (κ2) is 4.65. The zero-order valence-corrected chi connectivity index (χ0v) is 10.5. The molecule has 1 rings (SSSR count). The van der Waals surface area contributed by atoms with Gasteiger partial charge in [-0.15, -0.1) is 0 Å². The number of rotatable bonds is 4. The van der Waals surface area contributed by atoms with E-state index in [-0.39, 0.29) is 0 Å². The number of anilines is 1. The maximum absolute atomic E-state index is 4.22. The Balaban J connectivity index is 2.80. The second-order valence-electron chi connectivity index (χ2n) is 5.12. The lowest BCUT2D eigenvalue weighted by atomic mass is 9.76. The first-order valence-electron chi connectivity index (χ1n) is 5.58. The molecule has 0 radical (unpaired) electrons. The molecule has 0 aromatic carbocycles. The van der Waals surface area contributed by atoms with Crippen molar-refractivity contribution in [1.82, 2.24) is 4.98 Å². The topological polar surface area (TPSA) is 24.9 Å². The molecule has 0 unspecified atom stereocenters. The molecule has 2 nitrogen and oxygen atoms in total. The standard InChI is InChI=1S/C13H22N2/c1-10(2)13(3,4)9-11-6-7-15-12(8-11)14-5/h6-8,10H,9H2,1-5H3,(H,14,15). The van der Waals surface area contributed by atoms with Crippen molar-refractivity contribution in [3.63, 3.8) is 0 Å². The van der Waals surface area contributed by atoms with Crippen molar-refractivity contribution in [3.8, 4) is 0 Å². The summed E-state index contributed by atoms with van der Waals surface area (Å²) in [6.45, 7) is 9.19. The Kier molecular flexibility index (Phi) is 3.72. The van der Waals surface area contributed by atoms with Crippen LogP contribution in [0, 0.1) is 11.3 Å². The van der Waals surface area contributed by atoms with E-state index in [1.165, 1.54) is 5.56 Å². The highest BCUT2D eigenvalue weighted by molar-refractivity contribution is 5.36. The molecule has 1 aromatic heterocycles. The number of nitrogens with one attached hydrogen (secondary N) is 1. The summed E-state index contributed by atoms with van der Waals surface area (Å²) in [7, 11) is 1.90. The average molecular weight is 206 g/mol. The van der Waals surface area contributed by atoms with Gasteiger partial charge in [-0.1, -0.05) is 27.7 Å². The highest BCUT2D eigenvalue weighted by Gasteiger charge is 2.22. The fourth-order valence-corrected chi connectivity index (χ4v) is 1.45. The molecule has 0 aliphatic carbocycles. The van der Waals surface area contributed by atoms with Crippen LogP contribution in [0.15, 0.2) is 18.3 Å². The van der Waals surface area contributed by atoms with Gasteiger partial charge in [0.25, 0.3) is 0 Å². The van der Waals surface area contributed by atoms with E-state index < -0.39 is 0 Å². The van der Waals surface area contributed by atoms with E-state index in [9.17, 15) is 0 Å². The zero-order chi connectivity index (χ0) is 11.5. The maximum atomic E-state index is 4.22. The Morgan fingerprint density at radius 2 is 2.07 bits per heavy atom. The number of aromatic nitrogens is 1. The van der Waals surface area contributed by atoms with Gasteiger partial charge in [-0.05, 0) is 35.4 Å². The largest absolute Gasteiger partial charge is 0.373 e. The summed E-state index contributed by atoms with van der Waals surface area (Å²) in [4.78, 5) is 4.22. The van der Waals surface area contributed by atoms with Crippen LogP contribution in [-0.4, -0.2) is 12.0 Å². The van der Waals surface area contributed by atoms with Gasteiger partial charge in [-0.3, -0.25) is 0 Å². The van der Waals surface area contributed by atoms with E-state index in [0.717, 1.165) is 12.2 Å². The fraction of sp³-hybridized carbons (Fsp3) is 0.615. The van der Waals surface area contributed by atoms with Crippen LogP contribution in [0.1, 0.15) is 33.3 Å². The van der Waals surface area contributed by atoms with Crippen LogP contribution in [0.3, 0.4) is 0 Å². The molecule has 15 heavy (non-hydrogen) atoms. The first-order chi connectivity index (χ1) is 6.95. The molecule has 0 aliphatic rings. The molecule has 0 bridgehead atoms. The molecule has 0 fully saturated rings. The molecular weight excluding hydrogens is 184 g/mol. The van der Waals surface area contributed by atoms with Gasteiger partial charge in [0.15, 0.2) is 0 Å². The minimum absolute atomic E-state index is 0.340. The first kappa shape index (κ1) is 12.0. The Morgan fingerprint density at radius 1 is 1.40 bits per heavy atom. The number of pyridine rings is 1. The van der Waals surface area contributed by atoms with Crippen LogP contribution >= 0.6 is 0 Å². The van der Waals surface area contributed by atoms with Gasteiger partial charge in [-0.25, -0.2) is 4.98 Å². The van der Waals surface area contributed by atoms with E-state index >= 15 is 0 Å². The average Bonchev–Trinajstić information content (AvgIpc) is 2.17. The highest BCUT2D eigenvalue weighted by atomic mass is 14.9. The zero-order valence-electron chi connectivity index (χ0n) is 10.5. The first-order valence-corrected chi connectivity index (χ1v) is 5.58. The van der Waals surface area contributed by atoms with Crippen LogP contribution < -0.4 is 5.32 Å². The summed E-state index contributed by atoms with van der Waals surface area (Å²) < 4.78 is 0. The quantitative estimate of drug-likeness (QED) is 0.817. The molecule has 0 amide bonds. The summed E-state index contributed by atoms with van der Waals surface area (Å²) in [6, 6.07) is 4.23. The van der Waals surface area contributed by atoms with Crippen molar-refractivity contribution < 1.29 is 0 Å². The molecular formula is C13H22N2. The molecule has 84 valence electrons. The van der Waals surface area contributed by atoms with E-state index in [1.54, 1.807) is 0 Å². The highest BCUT2D eigenvalue weighted by Crippen LogP contribution is 2.30. The van der Waals surface area contributed by atoms with Gasteiger partial charge in [0, 0.05) is 13.2 Å². The third kappa shape index (κ3) is 3.22. The van der Waals surface area contributed by atoms with Crippen molar-refractivity contribution in [1.29, 1.82) is 0 Å². The fourth-order valence-electron chi connectivity index (χ4n) is 1.45. The van der Waals surface area contributed by atoms with Gasteiger partial charge >= 0.3 is 0 Å². The molecule has 1 N–H and O–H groups in total. The van der Waals surface area contributed by atoms with Crippen LogP contribution in [0.4, 0.5) is 5.82 Å². The Bertz CT molecular complexity index is 316. The summed E-state index contributed by atoms with van der Waals surface area (Å²) >= 11 is 0.